The van der Waals surface area contributed by atoms with Gasteiger partial charge in [-0.15, -0.1) is 0 Å². The van der Waals surface area contributed by atoms with Gasteiger partial charge < -0.3 is 5.73 Å². The minimum absolute atomic E-state index is 0.157. The summed E-state index contributed by atoms with van der Waals surface area (Å²) < 4.78 is 0. The van der Waals surface area contributed by atoms with Crippen molar-refractivity contribution in [2.24, 2.45) is 5.73 Å². The van der Waals surface area contributed by atoms with Gasteiger partial charge in [0.05, 0.1) is 0 Å². The van der Waals surface area contributed by atoms with Crippen molar-refractivity contribution in [3.05, 3.63) is 33.8 Å². The number of benzene rings is 1. The quantitative estimate of drug-likeness (QED) is 0.708. The Morgan fingerprint density at radius 2 is 1.76 bits per heavy atom. The Morgan fingerprint density at radius 1 is 1.12 bits per heavy atom. The number of nitrogens with two attached hydrogens (primary N) is 1. The molecule has 2 N–H and O–H groups in total. The highest BCUT2D eigenvalue weighted by atomic mass is 35.5. The molecule has 0 aliphatic heterocycles. The first-order valence-electron chi connectivity index (χ1n) is 6.33. The molecule has 0 aliphatic carbocycles. The van der Waals surface area contributed by atoms with Gasteiger partial charge in [-0.2, -0.15) is 0 Å². The third-order valence-electron chi connectivity index (χ3n) is 2.96. The first kappa shape index (κ1) is 14.8. The fourth-order valence-corrected chi connectivity index (χ4v) is 2.48. The van der Waals surface area contributed by atoms with E-state index in [0.29, 0.717) is 0 Å². The highest BCUT2D eigenvalue weighted by molar-refractivity contribution is 6.35. The van der Waals surface area contributed by atoms with Crippen LogP contribution in [0, 0.1) is 0 Å². The molecule has 17 heavy (non-hydrogen) atoms. The molecular weight excluding hydrogens is 253 g/mol. The zero-order valence-electron chi connectivity index (χ0n) is 10.4. The molecule has 0 heterocycles. The summed E-state index contributed by atoms with van der Waals surface area (Å²) >= 11 is 12.2. The van der Waals surface area contributed by atoms with Crippen LogP contribution in [-0.4, -0.2) is 6.04 Å². The third-order valence-corrected chi connectivity index (χ3v) is 3.66. The zero-order chi connectivity index (χ0) is 12.7. The predicted octanol–water partition coefficient (Wildman–Crippen LogP) is 4.83. The lowest BCUT2D eigenvalue weighted by Gasteiger charge is -2.13. The van der Waals surface area contributed by atoms with Gasteiger partial charge in [0.1, 0.15) is 0 Å². The van der Waals surface area contributed by atoms with Crippen LogP contribution in [0.2, 0.25) is 10.0 Å². The number of hydrogen-bond donors (Lipinski definition) is 1. The van der Waals surface area contributed by atoms with Gasteiger partial charge in [-0.1, -0.05) is 61.9 Å². The van der Waals surface area contributed by atoms with E-state index in [2.05, 4.69) is 6.92 Å². The molecule has 1 nitrogen and oxygen atoms in total. The summed E-state index contributed by atoms with van der Waals surface area (Å²) in [7, 11) is 0. The topological polar surface area (TPSA) is 26.0 Å². The molecule has 1 aromatic rings. The summed E-state index contributed by atoms with van der Waals surface area (Å²) in [5.74, 6) is 0. The minimum Gasteiger partial charge on any atom is -0.327 e. The van der Waals surface area contributed by atoms with Crippen molar-refractivity contribution in [1.82, 2.24) is 0 Å². The van der Waals surface area contributed by atoms with Crippen molar-refractivity contribution in [1.29, 1.82) is 0 Å². The highest BCUT2D eigenvalue weighted by Crippen LogP contribution is 2.25. The van der Waals surface area contributed by atoms with E-state index >= 15 is 0 Å². The van der Waals surface area contributed by atoms with Crippen LogP contribution in [0.25, 0.3) is 0 Å². The molecule has 0 bridgehead atoms. The van der Waals surface area contributed by atoms with Crippen molar-refractivity contribution in [3.63, 3.8) is 0 Å². The normalized spacial score (nSPS) is 12.7. The summed E-state index contributed by atoms with van der Waals surface area (Å²) in [5.41, 5.74) is 7.09. The Hall–Kier alpha value is -0.240. The van der Waals surface area contributed by atoms with Crippen LogP contribution >= 0.6 is 23.2 Å². The number of unbranched alkanes of at least 4 members (excludes halogenated alkanes) is 3. The first-order chi connectivity index (χ1) is 8.15. The van der Waals surface area contributed by atoms with Gasteiger partial charge in [-0.3, -0.25) is 0 Å². The van der Waals surface area contributed by atoms with Gasteiger partial charge in [0.25, 0.3) is 0 Å². The summed E-state index contributed by atoms with van der Waals surface area (Å²) in [6, 6.07) is 5.75. The Bertz CT molecular complexity index is 319. The minimum atomic E-state index is 0.157. The van der Waals surface area contributed by atoms with Gasteiger partial charge in [0, 0.05) is 16.1 Å². The summed E-state index contributed by atoms with van der Waals surface area (Å²) in [5, 5.41) is 1.45. The van der Waals surface area contributed by atoms with E-state index in [1.165, 1.54) is 25.7 Å². The largest absolute Gasteiger partial charge is 0.327 e. The Kier molecular flexibility index (Phi) is 6.94. The van der Waals surface area contributed by atoms with E-state index in [-0.39, 0.29) is 6.04 Å². The number of halogens is 2. The van der Waals surface area contributed by atoms with E-state index in [1.807, 2.05) is 18.2 Å². The van der Waals surface area contributed by atoms with Gasteiger partial charge in [-0.25, -0.2) is 0 Å². The van der Waals surface area contributed by atoms with Gasteiger partial charge in [0.15, 0.2) is 0 Å². The molecule has 1 unspecified atom stereocenters. The second-order valence-electron chi connectivity index (χ2n) is 4.51. The second kappa shape index (κ2) is 7.97. The van der Waals surface area contributed by atoms with E-state index < -0.39 is 0 Å². The zero-order valence-corrected chi connectivity index (χ0v) is 11.9. The molecule has 0 aromatic heterocycles. The lowest BCUT2D eigenvalue weighted by Crippen LogP contribution is -2.23. The average molecular weight is 274 g/mol. The predicted molar refractivity (Wildman–Crippen MR) is 76.9 cm³/mol. The van der Waals surface area contributed by atoms with Crippen molar-refractivity contribution < 1.29 is 0 Å². The lowest BCUT2D eigenvalue weighted by molar-refractivity contribution is 0.546. The van der Waals surface area contributed by atoms with Gasteiger partial charge in [-0.05, 0) is 30.5 Å². The molecule has 0 radical (unpaired) electrons. The molecule has 3 heteroatoms. The molecule has 0 aliphatic rings. The molecular formula is C14H21Cl2N. The van der Waals surface area contributed by atoms with E-state index in [1.54, 1.807) is 0 Å². The standard InChI is InChI=1S/C14H21Cl2N/c1-2-3-4-5-7-11(17)10-12-13(15)8-6-9-14(12)16/h6,8-9,11H,2-5,7,10,17H2,1H3. The molecule has 0 fully saturated rings. The fraction of sp³-hybridized carbons (Fsp3) is 0.571. The molecule has 1 atom stereocenters. The Morgan fingerprint density at radius 3 is 2.35 bits per heavy atom. The fourth-order valence-electron chi connectivity index (χ4n) is 1.92. The molecule has 0 saturated carbocycles. The molecule has 0 amide bonds. The SMILES string of the molecule is CCCCCCC(N)Cc1c(Cl)cccc1Cl. The lowest BCUT2D eigenvalue weighted by atomic mass is 10.0. The van der Waals surface area contributed by atoms with Crippen LogP contribution < -0.4 is 5.73 Å². The van der Waals surface area contributed by atoms with Crippen LogP contribution in [0.3, 0.4) is 0 Å². The van der Waals surface area contributed by atoms with E-state index in [0.717, 1.165) is 28.5 Å². The van der Waals surface area contributed by atoms with Crippen molar-refractivity contribution in [2.45, 2.75) is 51.5 Å². The molecule has 96 valence electrons. The van der Waals surface area contributed by atoms with Crippen LogP contribution in [0.5, 0.6) is 0 Å². The molecule has 1 rings (SSSR count). The van der Waals surface area contributed by atoms with Crippen molar-refractivity contribution >= 4 is 23.2 Å². The van der Waals surface area contributed by atoms with E-state index in [9.17, 15) is 0 Å². The maximum atomic E-state index is 6.12. The van der Waals surface area contributed by atoms with Crippen molar-refractivity contribution in [2.75, 3.05) is 0 Å². The summed E-state index contributed by atoms with van der Waals surface area (Å²) in [6.07, 6.45) is 6.81. The van der Waals surface area contributed by atoms with Gasteiger partial charge >= 0.3 is 0 Å². The maximum Gasteiger partial charge on any atom is 0.0453 e. The second-order valence-corrected chi connectivity index (χ2v) is 5.33. The summed E-state index contributed by atoms with van der Waals surface area (Å²) in [4.78, 5) is 0. The first-order valence-corrected chi connectivity index (χ1v) is 7.09. The van der Waals surface area contributed by atoms with Crippen LogP contribution in [-0.2, 0) is 6.42 Å². The summed E-state index contributed by atoms with van der Waals surface area (Å²) in [6.45, 7) is 2.21. The molecule has 1 aromatic carbocycles. The van der Waals surface area contributed by atoms with E-state index in [4.69, 9.17) is 28.9 Å². The Balaban J connectivity index is 2.42. The smallest absolute Gasteiger partial charge is 0.0453 e. The molecule has 0 spiro atoms. The van der Waals surface area contributed by atoms with Gasteiger partial charge in [0.2, 0.25) is 0 Å². The maximum absolute atomic E-state index is 6.12. The van der Waals surface area contributed by atoms with Crippen molar-refractivity contribution in [3.8, 4) is 0 Å². The average Bonchev–Trinajstić information content (AvgIpc) is 2.30. The Labute approximate surface area is 114 Å². The van der Waals surface area contributed by atoms with Crippen LogP contribution in [0.4, 0.5) is 0 Å². The highest BCUT2D eigenvalue weighted by Gasteiger charge is 2.10. The monoisotopic (exact) mass is 273 g/mol. The number of hydrogen-bond acceptors (Lipinski definition) is 1. The van der Waals surface area contributed by atoms with Crippen LogP contribution in [0.15, 0.2) is 18.2 Å². The number of rotatable bonds is 7. The third kappa shape index (κ3) is 5.29. The molecule has 0 saturated heterocycles. The van der Waals surface area contributed by atoms with Crippen LogP contribution in [0.1, 0.15) is 44.6 Å².